The zero-order chi connectivity index (χ0) is 15.9. The van der Waals surface area contributed by atoms with Gasteiger partial charge in [-0.15, -0.1) is 0 Å². The lowest BCUT2D eigenvalue weighted by molar-refractivity contribution is -0.116. The highest BCUT2D eigenvalue weighted by atomic mass is 35.5. The van der Waals surface area contributed by atoms with Crippen LogP contribution in [0.4, 0.5) is 5.69 Å². The Morgan fingerprint density at radius 2 is 2.00 bits per heavy atom. The number of para-hydroxylation sites is 1. The molecule has 5 heteroatoms. The van der Waals surface area contributed by atoms with Crippen molar-refractivity contribution in [2.24, 2.45) is 5.92 Å². The van der Waals surface area contributed by atoms with Crippen molar-refractivity contribution in [3.8, 4) is 0 Å². The van der Waals surface area contributed by atoms with E-state index in [2.05, 4.69) is 29.2 Å². The number of hydrogen-bond donors (Lipinski definition) is 1. The molecule has 0 spiro atoms. The van der Waals surface area contributed by atoms with E-state index < -0.39 is 0 Å². The van der Waals surface area contributed by atoms with E-state index in [4.69, 9.17) is 11.6 Å². The van der Waals surface area contributed by atoms with E-state index in [1.165, 1.54) is 19.4 Å². The summed E-state index contributed by atoms with van der Waals surface area (Å²) in [5.41, 5.74) is 0.693. The second kappa shape index (κ2) is 8.51. The summed E-state index contributed by atoms with van der Waals surface area (Å²) in [7, 11) is 4.26. The SMILES string of the molecule is CN(C)CC1CCN(CCC(=O)Nc2ccccc2Cl)CC1. The van der Waals surface area contributed by atoms with Gasteiger partial charge in [-0.1, -0.05) is 23.7 Å². The van der Waals surface area contributed by atoms with E-state index in [1.807, 2.05) is 18.2 Å². The molecule has 122 valence electrons. The maximum Gasteiger partial charge on any atom is 0.225 e. The zero-order valence-corrected chi connectivity index (χ0v) is 14.3. The third-order valence-electron chi connectivity index (χ3n) is 4.13. The first-order valence-electron chi connectivity index (χ1n) is 7.96. The van der Waals surface area contributed by atoms with Gasteiger partial charge in [0.1, 0.15) is 0 Å². The predicted molar refractivity (Wildman–Crippen MR) is 92.4 cm³/mol. The highest BCUT2D eigenvalue weighted by molar-refractivity contribution is 6.33. The van der Waals surface area contributed by atoms with E-state index >= 15 is 0 Å². The summed E-state index contributed by atoms with van der Waals surface area (Å²) in [6.07, 6.45) is 2.97. The Bertz CT molecular complexity index is 485. The molecule has 1 saturated heterocycles. The highest BCUT2D eigenvalue weighted by Gasteiger charge is 2.20. The normalized spacial score (nSPS) is 16.9. The maximum atomic E-state index is 12.0. The molecule has 0 bridgehead atoms. The van der Waals surface area contributed by atoms with Gasteiger partial charge in [0.15, 0.2) is 0 Å². The third kappa shape index (κ3) is 5.59. The van der Waals surface area contributed by atoms with Crippen LogP contribution < -0.4 is 5.32 Å². The minimum atomic E-state index is 0.0310. The highest BCUT2D eigenvalue weighted by Crippen LogP contribution is 2.21. The molecule has 1 aliphatic heterocycles. The first-order chi connectivity index (χ1) is 10.5. The first kappa shape index (κ1) is 17.3. The van der Waals surface area contributed by atoms with Crippen molar-refractivity contribution in [2.75, 3.05) is 45.6 Å². The van der Waals surface area contributed by atoms with Gasteiger partial charge in [0, 0.05) is 19.5 Å². The molecule has 2 rings (SSSR count). The number of rotatable bonds is 6. The van der Waals surface area contributed by atoms with E-state index in [0.29, 0.717) is 17.1 Å². The van der Waals surface area contributed by atoms with Gasteiger partial charge in [-0.25, -0.2) is 0 Å². The van der Waals surface area contributed by atoms with Gasteiger partial charge in [0.2, 0.25) is 5.91 Å². The molecule has 1 N–H and O–H groups in total. The van der Waals surface area contributed by atoms with Crippen LogP contribution in [0.5, 0.6) is 0 Å². The molecule has 1 aromatic rings. The Hall–Kier alpha value is -1.10. The fraction of sp³-hybridized carbons (Fsp3) is 0.588. The number of likely N-dealkylation sites (tertiary alicyclic amines) is 1. The van der Waals surface area contributed by atoms with E-state index in [9.17, 15) is 4.79 Å². The molecule has 0 unspecified atom stereocenters. The molecular weight excluding hydrogens is 298 g/mol. The lowest BCUT2D eigenvalue weighted by atomic mass is 9.96. The quantitative estimate of drug-likeness (QED) is 0.874. The Labute approximate surface area is 138 Å². The van der Waals surface area contributed by atoms with Crippen molar-refractivity contribution in [1.82, 2.24) is 9.80 Å². The Balaban J connectivity index is 1.68. The summed E-state index contributed by atoms with van der Waals surface area (Å²) in [5.74, 6) is 0.826. The smallest absolute Gasteiger partial charge is 0.225 e. The average molecular weight is 324 g/mol. The predicted octanol–water partition coefficient (Wildman–Crippen LogP) is 2.94. The molecule has 0 saturated carbocycles. The topological polar surface area (TPSA) is 35.6 Å². The molecule has 1 fully saturated rings. The number of halogens is 1. The second-order valence-corrected chi connectivity index (χ2v) is 6.73. The number of nitrogens with one attached hydrogen (secondary N) is 1. The van der Waals surface area contributed by atoms with Crippen LogP contribution in [0.1, 0.15) is 19.3 Å². The maximum absolute atomic E-state index is 12.0. The van der Waals surface area contributed by atoms with Crippen LogP contribution in [-0.4, -0.2) is 56.0 Å². The van der Waals surface area contributed by atoms with Gasteiger partial charge in [-0.3, -0.25) is 4.79 Å². The van der Waals surface area contributed by atoms with Gasteiger partial charge >= 0.3 is 0 Å². The van der Waals surface area contributed by atoms with Gasteiger partial charge in [-0.2, -0.15) is 0 Å². The van der Waals surface area contributed by atoms with Crippen LogP contribution in [0.2, 0.25) is 5.02 Å². The van der Waals surface area contributed by atoms with Gasteiger partial charge in [0.05, 0.1) is 10.7 Å². The van der Waals surface area contributed by atoms with Crippen molar-refractivity contribution in [2.45, 2.75) is 19.3 Å². The molecular formula is C17H26ClN3O. The van der Waals surface area contributed by atoms with Crippen LogP contribution in [0.25, 0.3) is 0 Å². The fourth-order valence-corrected chi connectivity index (χ4v) is 3.13. The summed E-state index contributed by atoms with van der Waals surface area (Å²) in [6.45, 7) is 4.18. The monoisotopic (exact) mass is 323 g/mol. The van der Waals surface area contributed by atoms with Crippen LogP contribution >= 0.6 is 11.6 Å². The molecule has 0 aliphatic carbocycles. The van der Waals surface area contributed by atoms with E-state index in [-0.39, 0.29) is 5.91 Å². The lowest BCUT2D eigenvalue weighted by Gasteiger charge is -2.33. The number of carbonyl (C=O) groups excluding carboxylic acids is 1. The minimum Gasteiger partial charge on any atom is -0.325 e. The van der Waals surface area contributed by atoms with Gasteiger partial charge < -0.3 is 15.1 Å². The van der Waals surface area contributed by atoms with E-state index in [0.717, 1.165) is 25.6 Å². The van der Waals surface area contributed by atoms with Crippen LogP contribution in [-0.2, 0) is 4.79 Å². The van der Waals surface area contributed by atoms with Gasteiger partial charge in [-0.05, 0) is 58.1 Å². The van der Waals surface area contributed by atoms with Crippen LogP contribution in [0.15, 0.2) is 24.3 Å². The second-order valence-electron chi connectivity index (χ2n) is 6.33. The molecule has 22 heavy (non-hydrogen) atoms. The first-order valence-corrected chi connectivity index (χ1v) is 8.34. The molecule has 1 heterocycles. The number of anilines is 1. The Morgan fingerprint density at radius 3 is 2.64 bits per heavy atom. The molecule has 1 aromatic carbocycles. The standard InChI is InChI=1S/C17H26ClN3O/c1-20(2)13-14-7-10-21(11-8-14)12-9-17(22)19-16-6-4-3-5-15(16)18/h3-6,14H,7-13H2,1-2H3,(H,19,22). The Kier molecular flexibility index (Phi) is 6.68. The number of carbonyl (C=O) groups is 1. The molecule has 0 atom stereocenters. The van der Waals surface area contributed by atoms with Gasteiger partial charge in [0.25, 0.3) is 0 Å². The van der Waals surface area contributed by atoms with Crippen molar-refractivity contribution < 1.29 is 4.79 Å². The molecule has 1 aliphatic rings. The Morgan fingerprint density at radius 1 is 1.32 bits per heavy atom. The number of piperidine rings is 1. The average Bonchev–Trinajstić information content (AvgIpc) is 2.48. The summed E-state index contributed by atoms with van der Waals surface area (Å²) in [4.78, 5) is 16.7. The third-order valence-corrected chi connectivity index (χ3v) is 4.46. The largest absolute Gasteiger partial charge is 0.325 e. The molecule has 0 aromatic heterocycles. The van der Waals surface area contributed by atoms with E-state index in [1.54, 1.807) is 6.07 Å². The number of amides is 1. The zero-order valence-electron chi connectivity index (χ0n) is 13.5. The summed E-state index contributed by atoms with van der Waals surface area (Å²) < 4.78 is 0. The fourth-order valence-electron chi connectivity index (χ4n) is 2.94. The summed E-state index contributed by atoms with van der Waals surface area (Å²) in [5, 5.41) is 3.46. The summed E-state index contributed by atoms with van der Waals surface area (Å²) in [6, 6.07) is 7.34. The molecule has 0 radical (unpaired) electrons. The van der Waals surface area contributed by atoms with Crippen molar-refractivity contribution in [3.63, 3.8) is 0 Å². The van der Waals surface area contributed by atoms with Crippen molar-refractivity contribution in [3.05, 3.63) is 29.3 Å². The minimum absolute atomic E-state index is 0.0310. The van der Waals surface area contributed by atoms with Crippen LogP contribution in [0, 0.1) is 5.92 Å². The van der Waals surface area contributed by atoms with Crippen molar-refractivity contribution >= 4 is 23.2 Å². The van der Waals surface area contributed by atoms with Crippen molar-refractivity contribution in [1.29, 1.82) is 0 Å². The van der Waals surface area contributed by atoms with Crippen LogP contribution in [0.3, 0.4) is 0 Å². The number of benzene rings is 1. The summed E-state index contributed by atoms with van der Waals surface area (Å²) >= 11 is 6.05. The molecule has 1 amide bonds. The number of hydrogen-bond acceptors (Lipinski definition) is 3. The number of nitrogens with zero attached hydrogens (tertiary/aromatic N) is 2. The molecule has 4 nitrogen and oxygen atoms in total. The lowest BCUT2D eigenvalue weighted by Crippen LogP contribution is -2.38.